The van der Waals surface area contributed by atoms with Gasteiger partial charge in [0.1, 0.15) is 6.54 Å². The summed E-state index contributed by atoms with van der Waals surface area (Å²) in [6.07, 6.45) is 1.03. The van der Waals surface area contributed by atoms with Crippen LogP contribution in [0, 0.1) is 13.8 Å². The van der Waals surface area contributed by atoms with E-state index in [-0.39, 0.29) is 0 Å². The lowest BCUT2D eigenvalue weighted by Crippen LogP contribution is -2.47. The van der Waals surface area contributed by atoms with Gasteiger partial charge in [0.15, 0.2) is 0 Å². The minimum atomic E-state index is -3.67. The molecule has 2 rings (SSSR count). The molecule has 0 heterocycles. The molecule has 0 unspecified atom stereocenters. The summed E-state index contributed by atoms with van der Waals surface area (Å²) in [6.45, 7) is 3.21. The number of carbonyl (C=O) groups excluding carboxylic acids is 2. The summed E-state index contributed by atoms with van der Waals surface area (Å²) in [5.41, 5.74) is 7.04. The van der Waals surface area contributed by atoms with Gasteiger partial charge in [-0.15, -0.1) is 0 Å². The number of benzene rings is 2. The average molecular weight is 375 g/mol. The summed E-state index contributed by atoms with van der Waals surface area (Å²) in [5.74, 6) is -1.14. The highest BCUT2D eigenvalue weighted by atomic mass is 32.2. The third kappa shape index (κ3) is 5.06. The molecule has 0 bridgehead atoms. The van der Waals surface area contributed by atoms with Crippen molar-refractivity contribution in [1.82, 2.24) is 10.9 Å². The van der Waals surface area contributed by atoms with E-state index in [0.29, 0.717) is 11.3 Å². The number of carbonyl (C=O) groups is 2. The molecule has 2 amide bonds. The lowest BCUT2D eigenvalue weighted by atomic mass is 10.1. The molecule has 2 N–H and O–H groups in total. The molecule has 2 aromatic carbocycles. The Morgan fingerprint density at radius 1 is 0.962 bits per heavy atom. The maximum absolute atomic E-state index is 12.1. The number of nitrogens with zero attached hydrogens (tertiary/aromatic N) is 1. The van der Waals surface area contributed by atoms with Crippen LogP contribution in [0.2, 0.25) is 0 Å². The molecule has 0 saturated heterocycles. The largest absolute Gasteiger partial charge is 0.271 e. The fourth-order valence-electron chi connectivity index (χ4n) is 2.30. The average Bonchev–Trinajstić information content (AvgIpc) is 2.58. The van der Waals surface area contributed by atoms with Gasteiger partial charge < -0.3 is 0 Å². The highest BCUT2D eigenvalue weighted by Crippen LogP contribution is 2.21. The Kier molecular flexibility index (Phi) is 5.99. The predicted octanol–water partition coefficient (Wildman–Crippen LogP) is 1.53. The molecule has 0 saturated carbocycles. The van der Waals surface area contributed by atoms with E-state index in [1.165, 1.54) is 0 Å². The van der Waals surface area contributed by atoms with Crippen LogP contribution in [0.25, 0.3) is 0 Å². The van der Waals surface area contributed by atoms with Gasteiger partial charge in [0, 0.05) is 5.56 Å². The molecule has 2 aromatic rings. The van der Waals surface area contributed by atoms with Crippen molar-refractivity contribution in [2.24, 2.45) is 0 Å². The number of anilines is 1. The summed E-state index contributed by atoms with van der Waals surface area (Å²) >= 11 is 0. The predicted molar refractivity (Wildman–Crippen MR) is 100 cm³/mol. The van der Waals surface area contributed by atoms with Crippen molar-refractivity contribution in [2.45, 2.75) is 13.8 Å². The molecule has 0 spiro atoms. The smallest absolute Gasteiger partial charge is 0.269 e. The number of rotatable bonds is 5. The maximum Gasteiger partial charge on any atom is 0.269 e. The van der Waals surface area contributed by atoms with Crippen molar-refractivity contribution in [3.05, 3.63) is 65.2 Å². The number of sulfonamides is 1. The van der Waals surface area contributed by atoms with Crippen molar-refractivity contribution < 1.29 is 18.0 Å². The third-order valence-corrected chi connectivity index (χ3v) is 4.83. The molecule has 0 atom stereocenters. The molecular formula is C18H21N3O4S. The number of nitrogens with one attached hydrogen (secondary N) is 2. The zero-order chi connectivity index (χ0) is 19.3. The van der Waals surface area contributed by atoms with Gasteiger partial charge in [0.2, 0.25) is 10.0 Å². The van der Waals surface area contributed by atoms with Gasteiger partial charge in [-0.3, -0.25) is 24.7 Å². The molecule has 7 nitrogen and oxygen atoms in total. The summed E-state index contributed by atoms with van der Waals surface area (Å²) in [6, 6.07) is 13.7. The highest BCUT2D eigenvalue weighted by molar-refractivity contribution is 7.92. The first-order valence-electron chi connectivity index (χ1n) is 7.87. The Bertz CT molecular complexity index is 908. The Hall–Kier alpha value is -2.87. The Labute approximate surface area is 153 Å². The van der Waals surface area contributed by atoms with Crippen LogP contribution in [0.4, 0.5) is 5.69 Å². The van der Waals surface area contributed by atoms with E-state index < -0.39 is 28.4 Å². The van der Waals surface area contributed by atoms with E-state index >= 15 is 0 Å². The first-order valence-corrected chi connectivity index (χ1v) is 9.72. The number of amides is 2. The second kappa shape index (κ2) is 8.01. The fourth-order valence-corrected chi connectivity index (χ4v) is 3.21. The van der Waals surface area contributed by atoms with Crippen molar-refractivity contribution in [3.63, 3.8) is 0 Å². The maximum atomic E-state index is 12.1. The summed E-state index contributed by atoms with van der Waals surface area (Å²) < 4.78 is 25.1. The van der Waals surface area contributed by atoms with Gasteiger partial charge in [-0.25, -0.2) is 8.42 Å². The van der Waals surface area contributed by atoms with Gasteiger partial charge in [0.05, 0.1) is 11.9 Å². The minimum absolute atomic E-state index is 0.384. The van der Waals surface area contributed by atoms with Gasteiger partial charge >= 0.3 is 0 Å². The molecule has 0 aliphatic heterocycles. The first kappa shape index (κ1) is 19.5. The first-order chi connectivity index (χ1) is 12.2. The van der Waals surface area contributed by atoms with Gasteiger partial charge in [-0.1, -0.05) is 35.9 Å². The van der Waals surface area contributed by atoms with Crippen molar-refractivity contribution >= 4 is 27.5 Å². The summed E-state index contributed by atoms with van der Waals surface area (Å²) in [7, 11) is -3.67. The molecule has 0 aromatic heterocycles. The molecule has 0 aliphatic carbocycles. The second-order valence-corrected chi connectivity index (χ2v) is 7.83. The summed E-state index contributed by atoms with van der Waals surface area (Å²) in [4.78, 5) is 24.2. The van der Waals surface area contributed by atoms with Crippen molar-refractivity contribution in [1.29, 1.82) is 0 Å². The monoisotopic (exact) mass is 375 g/mol. The fraction of sp³-hybridized carbons (Fsp3) is 0.222. The number of hydrogen-bond acceptors (Lipinski definition) is 4. The number of hydrogen-bond donors (Lipinski definition) is 2. The SMILES string of the molecule is Cc1ccc(C(=O)NNC(=O)CN(c2ccccc2C)S(C)(=O)=O)cc1. The topological polar surface area (TPSA) is 95.6 Å². The third-order valence-electron chi connectivity index (χ3n) is 3.70. The zero-order valence-corrected chi connectivity index (χ0v) is 15.6. The van der Waals surface area contributed by atoms with E-state index in [1.54, 1.807) is 55.5 Å². The van der Waals surface area contributed by atoms with Gasteiger partial charge in [-0.05, 0) is 37.6 Å². The van der Waals surface area contributed by atoms with Crippen LogP contribution in [-0.4, -0.2) is 33.0 Å². The van der Waals surface area contributed by atoms with E-state index in [9.17, 15) is 18.0 Å². The normalized spacial score (nSPS) is 10.9. The van der Waals surface area contributed by atoms with Crippen LogP contribution >= 0.6 is 0 Å². The molecule has 0 fully saturated rings. The van der Waals surface area contributed by atoms with Crippen LogP contribution in [0.1, 0.15) is 21.5 Å². The Morgan fingerprint density at radius 2 is 1.58 bits per heavy atom. The summed E-state index contributed by atoms with van der Waals surface area (Å²) in [5, 5.41) is 0. The van der Waals surface area contributed by atoms with Crippen LogP contribution in [0.5, 0.6) is 0 Å². The number of hydrazine groups is 1. The quantitative estimate of drug-likeness (QED) is 0.775. The minimum Gasteiger partial charge on any atom is -0.271 e. The van der Waals surface area contributed by atoms with Crippen LogP contribution in [0.15, 0.2) is 48.5 Å². The number of aryl methyl sites for hydroxylation is 2. The van der Waals surface area contributed by atoms with Crippen molar-refractivity contribution in [2.75, 3.05) is 17.1 Å². The Balaban J connectivity index is 2.05. The van der Waals surface area contributed by atoms with Gasteiger partial charge in [-0.2, -0.15) is 0 Å². The van der Waals surface area contributed by atoms with E-state index in [0.717, 1.165) is 21.7 Å². The number of para-hydroxylation sites is 1. The lowest BCUT2D eigenvalue weighted by Gasteiger charge is -2.23. The molecular weight excluding hydrogens is 354 g/mol. The van der Waals surface area contributed by atoms with Crippen LogP contribution < -0.4 is 15.2 Å². The Morgan fingerprint density at radius 3 is 2.15 bits per heavy atom. The molecule has 138 valence electrons. The second-order valence-electron chi connectivity index (χ2n) is 5.92. The standard InChI is InChI=1S/C18H21N3O4S/c1-13-8-10-15(11-9-13)18(23)20-19-17(22)12-21(26(3,24)25)16-7-5-4-6-14(16)2/h4-11H,12H2,1-3H3,(H,19,22)(H,20,23). The lowest BCUT2D eigenvalue weighted by molar-refractivity contribution is -0.120. The van der Waals surface area contributed by atoms with Crippen LogP contribution in [0.3, 0.4) is 0 Å². The van der Waals surface area contributed by atoms with Gasteiger partial charge in [0.25, 0.3) is 11.8 Å². The highest BCUT2D eigenvalue weighted by Gasteiger charge is 2.22. The molecule has 8 heteroatoms. The van der Waals surface area contributed by atoms with E-state index in [4.69, 9.17) is 0 Å². The van der Waals surface area contributed by atoms with Crippen molar-refractivity contribution in [3.8, 4) is 0 Å². The zero-order valence-electron chi connectivity index (χ0n) is 14.8. The molecule has 0 radical (unpaired) electrons. The van der Waals surface area contributed by atoms with Crippen LogP contribution in [-0.2, 0) is 14.8 Å². The molecule has 26 heavy (non-hydrogen) atoms. The molecule has 0 aliphatic rings. The van der Waals surface area contributed by atoms with E-state index in [1.807, 2.05) is 6.92 Å². The van der Waals surface area contributed by atoms with E-state index in [2.05, 4.69) is 10.9 Å².